The quantitative estimate of drug-likeness (QED) is 0.653. The van der Waals surface area contributed by atoms with Gasteiger partial charge in [-0.05, 0) is 24.3 Å². The molecule has 1 heterocycles. The van der Waals surface area contributed by atoms with Crippen LogP contribution in [0, 0.1) is 0 Å². The Kier molecular flexibility index (Phi) is 3.50. The number of allylic oxidation sites excluding steroid dienone is 1. The number of nitrogens with zero attached hydrogens (tertiary/aromatic N) is 1. The van der Waals surface area contributed by atoms with E-state index in [0.29, 0.717) is 5.76 Å². The maximum absolute atomic E-state index is 10.5. The average Bonchev–Trinajstić information content (AvgIpc) is 2.64. The summed E-state index contributed by atoms with van der Waals surface area (Å²) in [6.45, 7) is 0. The van der Waals surface area contributed by atoms with Crippen LogP contribution in [0.5, 0.6) is 0 Å². The molecule has 0 saturated carbocycles. The number of carbonyl (C=O) groups is 1. The highest BCUT2D eigenvalue weighted by Gasteiger charge is 1.88. The van der Waals surface area contributed by atoms with Crippen LogP contribution in [0.15, 0.2) is 33.9 Å². The number of hydrogen-bond donors (Lipinski definition) is 0. The fraction of sp³-hybridized carbons (Fsp3) is 0.111. The van der Waals surface area contributed by atoms with Crippen molar-refractivity contribution in [3.05, 3.63) is 30.2 Å². The van der Waals surface area contributed by atoms with Gasteiger partial charge in [-0.1, -0.05) is 0 Å². The van der Waals surface area contributed by atoms with Crippen LogP contribution in [0.4, 0.5) is 4.79 Å². The summed E-state index contributed by atoms with van der Waals surface area (Å²) in [7, 11) is 1.27. The number of aliphatic imine (C=N–C) groups is 1. The molecule has 0 aromatic carbocycles. The third kappa shape index (κ3) is 3.37. The van der Waals surface area contributed by atoms with Gasteiger partial charge in [0.2, 0.25) is 0 Å². The van der Waals surface area contributed by atoms with Crippen LogP contribution in [0.2, 0.25) is 0 Å². The van der Waals surface area contributed by atoms with Gasteiger partial charge in [-0.25, -0.2) is 4.79 Å². The van der Waals surface area contributed by atoms with Crippen molar-refractivity contribution >= 4 is 18.4 Å². The Morgan fingerprint density at radius 3 is 3.15 bits per heavy atom. The first-order valence-corrected chi connectivity index (χ1v) is 3.65. The number of methoxy groups -OCH3 is 1. The van der Waals surface area contributed by atoms with Crippen LogP contribution in [0.3, 0.4) is 0 Å². The van der Waals surface area contributed by atoms with E-state index in [0.717, 1.165) is 0 Å². The number of ether oxygens (including phenoxy) is 1. The third-order valence-corrected chi connectivity index (χ3v) is 1.24. The van der Waals surface area contributed by atoms with E-state index in [1.807, 2.05) is 0 Å². The first-order valence-electron chi connectivity index (χ1n) is 3.65. The summed E-state index contributed by atoms with van der Waals surface area (Å²) in [5.74, 6) is 0.705. The summed E-state index contributed by atoms with van der Waals surface area (Å²) in [6, 6.07) is 3.57. The molecule has 0 atom stereocenters. The molecule has 0 unspecified atom stereocenters. The molecule has 0 fully saturated rings. The average molecular weight is 179 g/mol. The smallest absolute Gasteiger partial charge is 0.433 e. The molecule has 4 heteroatoms. The second-order valence-corrected chi connectivity index (χ2v) is 2.12. The van der Waals surface area contributed by atoms with Crippen molar-refractivity contribution in [2.45, 2.75) is 0 Å². The Balaban J connectivity index is 2.42. The first kappa shape index (κ1) is 9.25. The Bertz CT molecular complexity index is 312. The topological polar surface area (TPSA) is 51.8 Å². The van der Waals surface area contributed by atoms with E-state index in [1.54, 1.807) is 30.5 Å². The van der Waals surface area contributed by atoms with Gasteiger partial charge in [-0.2, -0.15) is 4.99 Å². The Hall–Kier alpha value is -1.84. The fourth-order valence-electron chi connectivity index (χ4n) is 0.681. The van der Waals surface area contributed by atoms with Crippen molar-refractivity contribution in [2.75, 3.05) is 7.11 Å². The molecule has 1 aromatic rings. The predicted octanol–water partition coefficient (Wildman–Crippen LogP) is 2.13. The van der Waals surface area contributed by atoms with Crippen molar-refractivity contribution in [3.8, 4) is 0 Å². The number of furan rings is 1. The molecule has 0 bridgehead atoms. The van der Waals surface area contributed by atoms with Crippen LogP contribution in [0.25, 0.3) is 6.08 Å². The minimum absolute atomic E-state index is 0.621. The number of carbonyl (C=O) groups excluding carboxylic acids is 1. The van der Waals surface area contributed by atoms with Gasteiger partial charge in [0.1, 0.15) is 5.76 Å². The van der Waals surface area contributed by atoms with E-state index in [4.69, 9.17) is 4.42 Å². The lowest BCUT2D eigenvalue weighted by molar-refractivity contribution is 0.183. The van der Waals surface area contributed by atoms with E-state index in [2.05, 4.69) is 9.73 Å². The van der Waals surface area contributed by atoms with Gasteiger partial charge in [0, 0.05) is 6.21 Å². The summed E-state index contributed by atoms with van der Waals surface area (Å²) in [4.78, 5) is 13.9. The zero-order valence-electron chi connectivity index (χ0n) is 7.14. The Labute approximate surface area is 75.5 Å². The molecule has 4 nitrogen and oxygen atoms in total. The van der Waals surface area contributed by atoms with E-state index in [9.17, 15) is 4.79 Å². The van der Waals surface area contributed by atoms with Crippen molar-refractivity contribution in [1.29, 1.82) is 0 Å². The number of rotatable bonds is 2. The highest BCUT2D eigenvalue weighted by Crippen LogP contribution is 2.00. The maximum Gasteiger partial charge on any atom is 0.433 e. The van der Waals surface area contributed by atoms with Gasteiger partial charge in [0.05, 0.1) is 13.4 Å². The molecule has 1 rings (SSSR count). The summed E-state index contributed by atoms with van der Waals surface area (Å²) in [5.41, 5.74) is 0. The van der Waals surface area contributed by atoms with E-state index < -0.39 is 6.09 Å². The lowest BCUT2D eigenvalue weighted by Crippen LogP contribution is -1.91. The minimum atomic E-state index is -0.621. The van der Waals surface area contributed by atoms with Gasteiger partial charge in [0.15, 0.2) is 0 Å². The lowest BCUT2D eigenvalue weighted by atomic mass is 10.4. The molecule has 0 aliphatic heterocycles. The van der Waals surface area contributed by atoms with Crippen molar-refractivity contribution in [1.82, 2.24) is 0 Å². The van der Waals surface area contributed by atoms with Crippen LogP contribution < -0.4 is 0 Å². The fourth-order valence-corrected chi connectivity index (χ4v) is 0.681. The third-order valence-electron chi connectivity index (χ3n) is 1.24. The zero-order chi connectivity index (χ0) is 9.52. The van der Waals surface area contributed by atoms with E-state index >= 15 is 0 Å². The van der Waals surface area contributed by atoms with Gasteiger partial charge in [0.25, 0.3) is 0 Å². The predicted molar refractivity (Wildman–Crippen MR) is 48.6 cm³/mol. The Morgan fingerprint density at radius 1 is 1.69 bits per heavy atom. The van der Waals surface area contributed by atoms with Gasteiger partial charge < -0.3 is 9.15 Å². The van der Waals surface area contributed by atoms with Gasteiger partial charge >= 0.3 is 6.09 Å². The largest absolute Gasteiger partial charge is 0.465 e. The highest BCUT2D eigenvalue weighted by molar-refractivity contribution is 5.87. The summed E-state index contributed by atoms with van der Waals surface area (Å²) < 4.78 is 9.30. The molecule has 0 N–H and O–H groups in total. The van der Waals surface area contributed by atoms with Crippen molar-refractivity contribution in [2.24, 2.45) is 4.99 Å². The normalized spacial score (nSPS) is 11.2. The van der Waals surface area contributed by atoms with Crippen LogP contribution in [-0.4, -0.2) is 19.4 Å². The first-order chi connectivity index (χ1) is 6.33. The molecule has 0 spiro atoms. The second kappa shape index (κ2) is 4.92. The van der Waals surface area contributed by atoms with Gasteiger partial charge in [-0.15, -0.1) is 0 Å². The maximum atomic E-state index is 10.5. The minimum Gasteiger partial charge on any atom is -0.465 e. The lowest BCUT2D eigenvalue weighted by Gasteiger charge is -1.85. The molecule has 1 aromatic heterocycles. The molecule has 0 aliphatic rings. The van der Waals surface area contributed by atoms with Crippen LogP contribution in [-0.2, 0) is 4.74 Å². The standard InChI is InChI=1S/C9H9NO3/c1-12-9(11)10-6-2-4-8-5-3-7-13-8/h2-7H,1H3. The van der Waals surface area contributed by atoms with Gasteiger partial charge in [-0.3, -0.25) is 0 Å². The number of hydrogen-bond acceptors (Lipinski definition) is 3. The highest BCUT2D eigenvalue weighted by atomic mass is 16.5. The summed E-state index contributed by atoms with van der Waals surface area (Å²) in [6.07, 6.45) is 5.57. The summed E-state index contributed by atoms with van der Waals surface area (Å²) >= 11 is 0. The van der Waals surface area contributed by atoms with E-state index in [1.165, 1.54) is 13.3 Å². The number of amides is 1. The van der Waals surface area contributed by atoms with Crippen molar-refractivity contribution < 1.29 is 13.9 Å². The molecular formula is C9H9NO3. The monoisotopic (exact) mass is 179 g/mol. The molecular weight excluding hydrogens is 170 g/mol. The molecule has 68 valence electrons. The van der Waals surface area contributed by atoms with Crippen LogP contribution in [0.1, 0.15) is 5.76 Å². The van der Waals surface area contributed by atoms with Crippen molar-refractivity contribution in [3.63, 3.8) is 0 Å². The molecule has 0 aliphatic carbocycles. The zero-order valence-corrected chi connectivity index (χ0v) is 7.14. The van der Waals surface area contributed by atoms with Crippen LogP contribution >= 0.6 is 0 Å². The summed E-state index contributed by atoms with van der Waals surface area (Å²) in [5, 5.41) is 0. The molecule has 0 saturated heterocycles. The van der Waals surface area contributed by atoms with E-state index in [-0.39, 0.29) is 0 Å². The molecule has 13 heavy (non-hydrogen) atoms. The molecule has 0 radical (unpaired) electrons. The Morgan fingerprint density at radius 2 is 2.54 bits per heavy atom. The second-order valence-electron chi connectivity index (χ2n) is 2.12. The molecule has 1 amide bonds. The SMILES string of the molecule is COC(=O)N=CC=Cc1ccco1.